The number of likely N-dealkylation sites (tertiary alicyclic amines) is 1. The molecule has 0 spiro atoms. The van der Waals surface area contributed by atoms with Crippen molar-refractivity contribution in [3.8, 4) is 10.6 Å². The highest BCUT2D eigenvalue weighted by Crippen LogP contribution is 2.26. The number of carbonyl (C=O) groups excluding carboxylic acids is 1. The molecule has 1 aliphatic heterocycles. The maximum Gasteiger partial charge on any atom is 0.324 e. The average Bonchev–Trinajstić information content (AvgIpc) is 3.13. The molecule has 8 nitrogen and oxygen atoms in total. The number of amides is 2. The number of aryl methyl sites for hydroxylation is 1. The molecule has 1 aromatic carbocycles. The second-order valence-corrected chi connectivity index (χ2v) is 7.85. The lowest BCUT2D eigenvalue weighted by atomic mass is 10.0. The fourth-order valence-electron chi connectivity index (χ4n) is 3.22. The van der Waals surface area contributed by atoms with E-state index in [-0.39, 0.29) is 18.5 Å². The van der Waals surface area contributed by atoms with E-state index in [9.17, 15) is 9.18 Å². The summed E-state index contributed by atoms with van der Waals surface area (Å²) >= 11 is 1.50. The Labute approximate surface area is 165 Å². The first-order valence-corrected chi connectivity index (χ1v) is 9.79. The Hall–Kier alpha value is -2.72. The number of hydrogen-bond acceptors (Lipinski definition) is 7. The SMILES string of the molecule is CN[C@H]1CCN(C(=O)Nc2ncc3ccc(-c4nnc(C)s4)cc3n2)C[C@@H]1F. The van der Waals surface area contributed by atoms with Gasteiger partial charge < -0.3 is 10.2 Å². The molecule has 1 saturated heterocycles. The number of hydrogen-bond donors (Lipinski definition) is 2. The fourth-order valence-corrected chi connectivity index (χ4v) is 3.91. The number of piperidine rings is 1. The monoisotopic (exact) mass is 401 g/mol. The van der Waals surface area contributed by atoms with Crippen molar-refractivity contribution < 1.29 is 9.18 Å². The van der Waals surface area contributed by atoms with Crippen molar-refractivity contribution in [1.82, 2.24) is 30.4 Å². The minimum Gasteiger partial charge on any atom is -0.321 e. The van der Waals surface area contributed by atoms with Crippen molar-refractivity contribution in [3.05, 3.63) is 29.4 Å². The summed E-state index contributed by atoms with van der Waals surface area (Å²) in [6, 6.07) is 5.12. The van der Waals surface area contributed by atoms with Gasteiger partial charge in [0.05, 0.1) is 12.1 Å². The first-order valence-electron chi connectivity index (χ1n) is 8.98. The first-order chi connectivity index (χ1) is 13.5. The summed E-state index contributed by atoms with van der Waals surface area (Å²) in [5.74, 6) is 0.189. The Balaban J connectivity index is 1.51. The molecule has 0 bridgehead atoms. The van der Waals surface area contributed by atoms with Crippen LogP contribution in [0.25, 0.3) is 21.5 Å². The molecule has 0 radical (unpaired) electrons. The topological polar surface area (TPSA) is 95.9 Å². The molecule has 2 N–H and O–H groups in total. The average molecular weight is 401 g/mol. The van der Waals surface area contributed by atoms with Gasteiger partial charge in [0.2, 0.25) is 5.95 Å². The van der Waals surface area contributed by atoms with Crippen LogP contribution in [0, 0.1) is 6.92 Å². The molecule has 10 heteroatoms. The van der Waals surface area contributed by atoms with Crippen molar-refractivity contribution in [2.45, 2.75) is 25.6 Å². The van der Waals surface area contributed by atoms with E-state index in [0.717, 1.165) is 21.0 Å². The van der Waals surface area contributed by atoms with Gasteiger partial charge in [-0.15, -0.1) is 10.2 Å². The number of alkyl halides is 1. The Morgan fingerprint density at radius 1 is 1.36 bits per heavy atom. The summed E-state index contributed by atoms with van der Waals surface area (Å²) in [7, 11) is 1.73. The van der Waals surface area contributed by atoms with Crippen LogP contribution in [0.3, 0.4) is 0 Å². The number of rotatable bonds is 3. The number of carbonyl (C=O) groups is 1. The Kier molecular flexibility index (Phi) is 5.14. The molecule has 4 rings (SSSR count). The molecule has 2 amide bonds. The molecule has 3 heterocycles. The van der Waals surface area contributed by atoms with E-state index in [4.69, 9.17) is 0 Å². The second kappa shape index (κ2) is 7.72. The molecule has 3 aromatic rings. The summed E-state index contributed by atoms with van der Waals surface area (Å²) < 4.78 is 14.1. The van der Waals surface area contributed by atoms with Crippen LogP contribution in [-0.2, 0) is 0 Å². The highest BCUT2D eigenvalue weighted by atomic mass is 32.1. The van der Waals surface area contributed by atoms with Gasteiger partial charge in [0.15, 0.2) is 0 Å². The van der Waals surface area contributed by atoms with Gasteiger partial charge in [0.25, 0.3) is 0 Å². The highest BCUT2D eigenvalue weighted by molar-refractivity contribution is 7.14. The minimum absolute atomic E-state index is 0.0471. The lowest BCUT2D eigenvalue weighted by Crippen LogP contribution is -2.52. The molecular formula is C18H20FN7OS. The molecule has 2 atom stereocenters. The standard InChI is InChI=1S/C18H20FN7OS/c1-10-24-25-16(28-10)11-3-4-12-8-21-17(22-15(12)7-11)23-18(27)26-6-5-14(20-2)13(19)9-26/h3-4,7-8,13-14,20H,5-6,9H2,1-2H3,(H,21,22,23,27)/t13-,14-/m0/s1. The molecule has 2 aromatic heterocycles. The molecule has 0 unspecified atom stereocenters. The van der Waals surface area contributed by atoms with Crippen LogP contribution in [0.5, 0.6) is 0 Å². The number of nitrogens with one attached hydrogen (secondary N) is 2. The van der Waals surface area contributed by atoms with E-state index in [1.807, 2.05) is 25.1 Å². The van der Waals surface area contributed by atoms with Gasteiger partial charge in [-0.3, -0.25) is 5.32 Å². The van der Waals surface area contributed by atoms with Gasteiger partial charge in [-0.05, 0) is 26.5 Å². The predicted molar refractivity (Wildman–Crippen MR) is 106 cm³/mol. The van der Waals surface area contributed by atoms with Gasteiger partial charge in [-0.1, -0.05) is 23.5 Å². The number of nitrogens with zero attached hydrogens (tertiary/aromatic N) is 5. The smallest absolute Gasteiger partial charge is 0.321 e. The van der Waals surface area contributed by atoms with Crippen molar-refractivity contribution in [3.63, 3.8) is 0 Å². The van der Waals surface area contributed by atoms with E-state index < -0.39 is 12.2 Å². The van der Waals surface area contributed by atoms with Crippen molar-refractivity contribution in [1.29, 1.82) is 0 Å². The summed E-state index contributed by atoms with van der Waals surface area (Å²) in [5, 5.41) is 16.3. The number of fused-ring (bicyclic) bond motifs is 1. The van der Waals surface area contributed by atoms with E-state index in [0.29, 0.717) is 18.5 Å². The van der Waals surface area contributed by atoms with Crippen LogP contribution in [-0.4, -0.2) is 63.4 Å². The summed E-state index contributed by atoms with van der Waals surface area (Å²) in [5.41, 5.74) is 1.59. The highest BCUT2D eigenvalue weighted by Gasteiger charge is 2.30. The third-order valence-corrected chi connectivity index (χ3v) is 5.66. The van der Waals surface area contributed by atoms with E-state index >= 15 is 0 Å². The first kappa shape index (κ1) is 18.6. The largest absolute Gasteiger partial charge is 0.324 e. The second-order valence-electron chi connectivity index (χ2n) is 6.67. The zero-order valence-electron chi connectivity index (χ0n) is 15.5. The molecular weight excluding hydrogens is 381 g/mol. The maximum absolute atomic E-state index is 14.1. The lowest BCUT2D eigenvalue weighted by molar-refractivity contribution is 0.126. The normalized spacial score (nSPS) is 19.8. The Morgan fingerprint density at radius 2 is 2.21 bits per heavy atom. The zero-order valence-corrected chi connectivity index (χ0v) is 16.3. The maximum atomic E-state index is 14.1. The lowest BCUT2D eigenvalue weighted by Gasteiger charge is -2.34. The number of urea groups is 1. The van der Waals surface area contributed by atoms with Gasteiger partial charge in [-0.2, -0.15) is 0 Å². The zero-order chi connectivity index (χ0) is 19.7. The van der Waals surface area contributed by atoms with E-state index in [1.54, 1.807) is 13.2 Å². The number of benzene rings is 1. The molecule has 1 aliphatic rings. The van der Waals surface area contributed by atoms with Gasteiger partial charge in [0, 0.05) is 29.7 Å². The predicted octanol–water partition coefficient (Wildman–Crippen LogP) is 2.62. The minimum atomic E-state index is -1.10. The van der Waals surface area contributed by atoms with Crippen LogP contribution < -0.4 is 10.6 Å². The van der Waals surface area contributed by atoms with Gasteiger partial charge in [0.1, 0.15) is 16.2 Å². The van der Waals surface area contributed by atoms with Crippen LogP contribution in [0.15, 0.2) is 24.4 Å². The fraction of sp³-hybridized carbons (Fsp3) is 0.389. The molecule has 28 heavy (non-hydrogen) atoms. The number of aromatic nitrogens is 4. The molecule has 146 valence electrons. The van der Waals surface area contributed by atoms with Crippen LogP contribution >= 0.6 is 11.3 Å². The van der Waals surface area contributed by atoms with Gasteiger partial charge in [-0.25, -0.2) is 19.2 Å². The number of halogens is 1. The number of anilines is 1. The van der Waals surface area contributed by atoms with Crippen molar-refractivity contribution in [2.75, 3.05) is 25.5 Å². The molecule has 0 aliphatic carbocycles. The van der Waals surface area contributed by atoms with Crippen molar-refractivity contribution >= 4 is 34.2 Å². The quantitative estimate of drug-likeness (QED) is 0.700. The van der Waals surface area contributed by atoms with Crippen LogP contribution in [0.1, 0.15) is 11.4 Å². The van der Waals surface area contributed by atoms with Crippen LogP contribution in [0.4, 0.5) is 15.1 Å². The summed E-state index contributed by atoms with van der Waals surface area (Å²) in [6.07, 6.45) is 1.12. The Bertz CT molecular complexity index is 1010. The van der Waals surface area contributed by atoms with Crippen molar-refractivity contribution in [2.24, 2.45) is 0 Å². The molecule has 1 fully saturated rings. The van der Waals surface area contributed by atoms with Gasteiger partial charge >= 0.3 is 6.03 Å². The molecule has 0 saturated carbocycles. The van der Waals surface area contributed by atoms with E-state index in [1.165, 1.54) is 16.2 Å². The Morgan fingerprint density at radius 3 is 2.93 bits per heavy atom. The van der Waals surface area contributed by atoms with Crippen LogP contribution in [0.2, 0.25) is 0 Å². The third-order valence-electron chi connectivity index (χ3n) is 4.77. The summed E-state index contributed by atoms with van der Waals surface area (Å²) in [4.78, 5) is 22.5. The third kappa shape index (κ3) is 3.78. The van der Waals surface area contributed by atoms with E-state index in [2.05, 4.69) is 30.8 Å². The summed E-state index contributed by atoms with van der Waals surface area (Å²) in [6.45, 7) is 2.43.